The summed E-state index contributed by atoms with van der Waals surface area (Å²) in [6.45, 7) is 1.95. The summed E-state index contributed by atoms with van der Waals surface area (Å²) in [5, 5.41) is 8.15. The van der Waals surface area contributed by atoms with E-state index in [1.807, 2.05) is 42.6 Å². The SMILES string of the molecule is CC(NC(=O)Cc1csc(NC(=O)C2CC2)n1)c1ccccc1. The zero-order valence-corrected chi connectivity index (χ0v) is 13.7. The first-order valence-corrected chi connectivity index (χ1v) is 8.59. The lowest BCUT2D eigenvalue weighted by Gasteiger charge is -2.13. The number of amides is 2. The van der Waals surface area contributed by atoms with E-state index in [0.29, 0.717) is 10.8 Å². The van der Waals surface area contributed by atoms with E-state index in [1.54, 1.807) is 0 Å². The van der Waals surface area contributed by atoms with E-state index in [-0.39, 0.29) is 30.2 Å². The van der Waals surface area contributed by atoms with E-state index >= 15 is 0 Å². The highest BCUT2D eigenvalue weighted by molar-refractivity contribution is 7.13. The molecule has 1 saturated carbocycles. The fourth-order valence-electron chi connectivity index (χ4n) is 2.28. The zero-order valence-electron chi connectivity index (χ0n) is 12.9. The molecular formula is C17H19N3O2S. The summed E-state index contributed by atoms with van der Waals surface area (Å²) in [7, 11) is 0. The van der Waals surface area contributed by atoms with Gasteiger partial charge in [0, 0.05) is 11.3 Å². The molecule has 0 radical (unpaired) electrons. The first-order valence-electron chi connectivity index (χ1n) is 7.71. The molecule has 1 aromatic heterocycles. The standard InChI is InChI=1S/C17H19N3O2S/c1-11(12-5-3-2-4-6-12)18-15(21)9-14-10-23-17(19-14)20-16(22)13-7-8-13/h2-6,10-11,13H,7-9H2,1H3,(H,18,21)(H,19,20,22). The quantitative estimate of drug-likeness (QED) is 0.856. The van der Waals surface area contributed by atoms with Crippen LogP contribution >= 0.6 is 11.3 Å². The molecule has 6 heteroatoms. The highest BCUT2D eigenvalue weighted by Crippen LogP contribution is 2.30. The number of aromatic nitrogens is 1. The van der Waals surface area contributed by atoms with Gasteiger partial charge in [-0.15, -0.1) is 11.3 Å². The Kier molecular flexibility index (Phi) is 4.71. The van der Waals surface area contributed by atoms with Crippen molar-refractivity contribution < 1.29 is 9.59 Å². The van der Waals surface area contributed by atoms with Gasteiger partial charge in [-0.2, -0.15) is 0 Å². The van der Waals surface area contributed by atoms with E-state index in [1.165, 1.54) is 11.3 Å². The number of hydrogen-bond donors (Lipinski definition) is 2. The second-order valence-electron chi connectivity index (χ2n) is 5.78. The summed E-state index contributed by atoms with van der Waals surface area (Å²) in [6, 6.07) is 9.78. The highest BCUT2D eigenvalue weighted by Gasteiger charge is 2.30. The van der Waals surface area contributed by atoms with Gasteiger partial charge in [-0.3, -0.25) is 9.59 Å². The normalized spacial score (nSPS) is 15.0. The molecule has 1 aromatic carbocycles. The van der Waals surface area contributed by atoms with Crippen LogP contribution in [0.1, 0.15) is 37.1 Å². The molecular weight excluding hydrogens is 310 g/mol. The van der Waals surface area contributed by atoms with Gasteiger partial charge in [-0.1, -0.05) is 30.3 Å². The Morgan fingerprint density at radius 1 is 1.30 bits per heavy atom. The molecule has 1 fully saturated rings. The van der Waals surface area contributed by atoms with Crippen LogP contribution in [-0.2, 0) is 16.0 Å². The minimum atomic E-state index is -0.0771. The van der Waals surface area contributed by atoms with Crippen LogP contribution in [0.3, 0.4) is 0 Å². The van der Waals surface area contributed by atoms with Crippen LogP contribution in [0.4, 0.5) is 5.13 Å². The maximum absolute atomic E-state index is 12.1. The molecule has 0 aliphatic heterocycles. The van der Waals surface area contributed by atoms with Crippen molar-refractivity contribution in [2.75, 3.05) is 5.32 Å². The van der Waals surface area contributed by atoms with Crippen LogP contribution in [0.5, 0.6) is 0 Å². The lowest BCUT2D eigenvalue weighted by atomic mass is 10.1. The fraction of sp³-hybridized carbons (Fsp3) is 0.353. The van der Waals surface area contributed by atoms with Gasteiger partial charge < -0.3 is 10.6 Å². The maximum Gasteiger partial charge on any atom is 0.229 e. The van der Waals surface area contributed by atoms with Crippen molar-refractivity contribution in [3.05, 3.63) is 47.0 Å². The van der Waals surface area contributed by atoms with Crippen LogP contribution in [0.15, 0.2) is 35.7 Å². The molecule has 1 atom stereocenters. The summed E-state index contributed by atoms with van der Waals surface area (Å²) in [4.78, 5) is 28.1. The molecule has 2 N–H and O–H groups in total. The number of hydrogen-bond acceptors (Lipinski definition) is 4. The number of anilines is 1. The maximum atomic E-state index is 12.1. The van der Waals surface area contributed by atoms with Gasteiger partial charge in [0.2, 0.25) is 11.8 Å². The molecule has 3 rings (SSSR count). The van der Waals surface area contributed by atoms with Crippen LogP contribution in [-0.4, -0.2) is 16.8 Å². The Balaban J connectivity index is 1.51. The highest BCUT2D eigenvalue weighted by atomic mass is 32.1. The lowest BCUT2D eigenvalue weighted by molar-refractivity contribution is -0.121. The topological polar surface area (TPSA) is 71.1 Å². The van der Waals surface area contributed by atoms with Gasteiger partial charge in [-0.05, 0) is 25.3 Å². The van der Waals surface area contributed by atoms with Crippen molar-refractivity contribution in [2.45, 2.75) is 32.2 Å². The summed E-state index contributed by atoms with van der Waals surface area (Å²) >= 11 is 1.36. The number of carbonyl (C=O) groups excluding carboxylic acids is 2. The second-order valence-corrected chi connectivity index (χ2v) is 6.64. The van der Waals surface area contributed by atoms with Crippen molar-refractivity contribution in [3.8, 4) is 0 Å². The van der Waals surface area contributed by atoms with Gasteiger partial charge in [-0.25, -0.2) is 4.98 Å². The number of thiazole rings is 1. The van der Waals surface area contributed by atoms with Crippen LogP contribution in [0.25, 0.3) is 0 Å². The molecule has 23 heavy (non-hydrogen) atoms. The molecule has 120 valence electrons. The monoisotopic (exact) mass is 329 g/mol. The smallest absolute Gasteiger partial charge is 0.229 e. The molecule has 0 spiro atoms. The molecule has 1 aliphatic rings. The van der Waals surface area contributed by atoms with E-state index < -0.39 is 0 Å². The zero-order chi connectivity index (χ0) is 16.2. The Morgan fingerprint density at radius 3 is 2.74 bits per heavy atom. The summed E-state index contributed by atoms with van der Waals surface area (Å²) in [6.07, 6.45) is 2.14. The average Bonchev–Trinajstić information content (AvgIpc) is 3.31. The van der Waals surface area contributed by atoms with Crippen molar-refractivity contribution in [3.63, 3.8) is 0 Å². The summed E-state index contributed by atoms with van der Waals surface area (Å²) in [5.41, 5.74) is 1.75. The molecule has 1 heterocycles. The average molecular weight is 329 g/mol. The lowest BCUT2D eigenvalue weighted by Crippen LogP contribution is -2.28. The largest absolute Gasteiger partial charge is 0.349 e. The third-order valence-electron chi connectivity index (χ3n) is 3.75. The third-order valence-corrected chi connectivity index (χ3v) is 4.56. The number of nitrogens with zero attached hydrogens (tertiary/aromatic N) is 1. The van der Waals surface area contributed by atoms with E-state index in [9.17, 15) is 9.59 Å². The molecule has 1 aliphatic carbocycles. The van der Waals surface area contributed by atoms with Crippen molar-refractivity contribution in [1.29, 1.82) is 0 Å². The molecule has 2 amide bonds. The molecule has 2 aromatic rings. The molecule has 5 nitrogen and oxygen atoms in total. The summed E-state index contributed by atoms with van der Waals surface area (Å²) in [5.74, 6) is 0.108. The third kappa shape index (κ3) is 4.39. The number of nitrogens with one attached hydrogen (secondary N) is 2. The minimum Gasteiger partial charge on any atom is -0.349 e. The Morgan fingerprint density at radius 2 is 2.04 bits per heavy atom. The second kappa shape index (κ2) is 6.91. The number of benzene rings is 1. The van der Waals surface area contributed by atoms with Crippen molar-refractivity contribution in [2.24, 2.45) is 5.92 Å². The molecule has 0 bridgehead atoms. The first kappa shape index (κ1) is 15.7. The number of rotatable bonds is 6. The summed E-state index contributed by atoms with van der Waals surface area (Å²) < 4.78 is 0. The number of carbonyl (C=O) groups is 2. The van der Waals surface area contributed by atoms with Gasteiger partial charge >= 0.3 is 0 Å². The fourth-order valence-corrected chi connectivity index (χ4v) is 2.99. The van der Waals surface area contributed by atoms with E-state index in [4.69, 9.17) is 0 Å². The van der Waals surface area contributed by atoms with E-state index in [2.05, 4.69) is 15.6 Å². The molecule has 1 unspecified atom stereocenters. The van der Waals surface area contributed by atoms with Gasteiger partial charge in [0.05, 0.1) is 18.2 Å². The Bertz CT molecular complexity index is 695. The van der Waals surface area contributed by atoms with E-state index in [0.717, 1.165) is 18.4 Å². The van der Waals surface area contributed by atoms with Crippen LogP contribution in [0, 0.1) is 5.92 Å². The van der Waals surface area contributed by atoms with Crippen LogP contribution < -0.4 is 10.6 Å². The van der Waals surface area contributed by atoms with Crippen molar-refractivity contribution >= 4 is 28.3 Å². The van der Waals surface area contributed by atoms with Gasteiger partial charge in [0.25, 0.3) is 0 Å². The molecule has 0 saturated heterocycles. The van der Waals surface area contributed by atoms with Gasteiger partial charge in [0.1, 0.15) is 0 Å². The Labute approximate surface area is 139 Å². The first-order chi connectivity index (χ1) is 11.1. The predicted octanol–water partition coefficient (Wildman–Crippen LogP) is 2.91. The predicted molar refractivity (Wildman–Crippen MR) is 90.2 cm³/mol. The van der Waals surface area contributed by atoms with Crippen molar-refractivity contribution in [1.82, 2.24) is 10.3 Å². The Hall–Kier alpha value is -2.21. The minimum absolute atomic E-state index is 0.0352. The van der Waals surface area contributed by atoms with Gasteiger partial charge in [0.15, 0.2) is 5.13 Å². The van der Waals surface area contributed by atoms with Crippen LogP contribution in [0.2, 0.25) is 0 Å².